The van der Waals surface area contributed by atoms with E-state index < -0.39 is 26.0 Å². The van der Waals surface area contributed by atoms with Gasteiger partial charge in [-0.3, -0.25) is 9.52 Å². The summed E-state index contributed by atoms with van der Waals surface area (Å²) in [6.07, 6.45) is 5.16. The predicted octanol–water partition coefficient (Wildman–Crippen LogP) is 2.13. The number of benzene rings is 1. The molecule has 0 atom stereocenters. The Morgan fingerprint density at radius 1 is 1.03 bits per heavy atom. The predicted molar refractivity (Wildman–Crippen MR) is 116 cm³/mol. The standard InChI is InChI=1S/C19H26N4O5S2/c1-14-7-8-15(11-17(14)21-29(3,25)26)20-19(24)18-12-16(13-22(18)2)30(27,28)23-9-5-4-6-10-23/h7-8,11-13,21H,4-6,9-10H2,1-3H3,(H,20,24). The molecule has 1 aliphatic rings. The van der Waals surface area contributed by atoms with Gasteiger partial charge in [0.2, 0.25) is 20.0 Å². The number of carbonyl (C=O) groups is 1. The molecule has 164 valence electrons. The minimum Gasteiger partial charge on any atom is -0.345 e. The molecule has 2 N–H and O–H groups in total. The maximum Gasteiger partial charge on any atom is 0.272 e. The number of carbonyl (C=O) groups excluding carboxylic acids is 1. The van der Waals surface area contributed by atoms with Crippen LogP contribution in [0.2, 0.25) is 0 Å². The summed E-state index contributed by atoms with van der Waals surface area (Å²) in [7, 11) is -5.51. The number of anilines is 2. The molecule has 0 aliphatic carbocycles. The van der Waals surface area contributed by atoms with Crippen LogP contribution in [0.15, 0.2) is 35.4 Å². The lowest BCUT2D eigenvalue weighted by atomic mass is 10.2. The molecule has 11 heteroatoms. The summed E-state index contributed by atoms with van der Waals surface area (Å²) in [5.74, 6) is -0.494. The minimum absolute atomic E-state index is 0.0837. The first-order valence-electron chi connectivity index (χ1n) is 9.54. The number of aryl methyl sites for hydroxylation is 2. The average molecular weight is 455 g/mol. The van der Waals surface area contributed by atoms with Gasteiger partial charge in [0.1, 0.15) is 10.6 Å². The highest BCUT2D eigenvalue weighted by Gasteiger charge is 2.28. The van der Waals surface area contributed by atoms with Crippen LogP contribution in [-0.2, 0) is 27.1 Å². The van der Waals surface area contributed by atoms with Crippen molar-refractivity contribution in [1.82, 2.24) is 8.87 Å². The first-order valence-corrected chi connectivity index (χ1v) is 12.9. The van der Waals surface area contributed by atoms with Crippen LogP contribution in [-0.4, -0.2) is 51.0 Å². The van der Waals surface area contributed by atoms with Gasteiger partial charge in [-0.2, -0.15) is 4.31 Å². The molecule has 2 heterocycles. The molecule has 0 bridgehead atoms. The van der Waals surface area contributed by atoms with Gasteiger partial charge in [0.05, 0.1) is 11.9 Å². The van der Waals surface area contributed by atoms with E-state index in [1.807, 2.05) is 0 Å². The molecule has 30 heavy (non-hydrogen) atoms. The second-order valence-corrected chi connectivity index (χ2v) is 11.2. The summed E-state index contributed by atoms with van der Waals surface area (Å²) in [5, 5.41) is 2.69. The Morgan fingerprint density at radius 3 is 2.33 bits per heavy atom. The van der Waals surface area contributed by atoms with E-state index in [0.29, 0.717) is 30.0 Å². The highest BCUT2D eigenvalue weighted by molar-refractivity contribution is 7.92. The van der Waals surface area contributed by atoms with Gasteiger partial charge in [0.25, 0.3) is 5.91 Å². The Labute approximate surface area is 177 Å². The quantitative estimate of drug-likeness (QED) is 0.693. The average Bonchev–Trinajstić information content (AvgIpc) is 3.07. The van der Waals surface area contributed by atoms with Gasteiger partial charge in [-0.25, -0.2) is 16.8 Å². The summed E-state index contributed by atoms with van der Waals surface area (Å²) in [6, 6.07) is 6.21. The zero-order valence-corrected chi connectivity index (χ0v) is 18.8. The van der Waals surface area contributed by atoms with E-state index in [2.05, 4.69) is 10.0 Å². The van der Waals surface area contributed by atoms with E-state index >= 15 is 0 Å². The van der Waals surface area contributed by atoms with E-state index in [-0.39, 0.29) is 10.6 Å². The van der Waals surface area contributed by atoms with E-state index in [0.717, 1.165) is 25.5 Å². The van der Waals surface area contributed by atoms with Crippen molar-refractivity contribution in [3.8, 4) is 0 Å². The number of nitrogens with one attached hydrogen (secondary N) is 2. The van der Waals surface area contributed by atoms with Crippen molar-refractivity contribution >= 4 is 37.3 Å². The lowest BCUT2D eigenvalue weighted by Gasteiger charge is -2.25. The monoisotopic (exact) mass is 454 g/mol. The fraction of sp³-hybridized carbons (Fsp3) is 0.421. The summed E-state index contributed by atoms with van der Waals surface area (Å²) in [4.78, 5) is 12.8. The third kappa shape index (κ3) is 5.02. The Hall–Kier alpha value is -2.37. The lowest BCUT2D eigenvalue weighted by molar-refractivity contribution is 0.101. The molecular weight excluding hydrogens is 428 g/mol. The van der Waals surface area contributed by atoms with Crippen molar-refractivity contribution in [1.29, 1.82) is 0 Å². The van der Waals surface area contributed by atoms with Gasteiger partial charge >= 0.3 is 0 Å². The van der Waals surface area contributed by atoms with E-state index in [1.165, 1.54) is 27.2 Å². The number of hydrogen-bond donors (Lipinski definition) is 2. The third-order valence-corrected chi connectivity index (χ3v) is 7.41. The molecular formula is C19H26N4O5S2. The summed E-state index contributed by atoms with van der Waals surface area (Å²) < 4.78 is 54.1. The zero-order valence-electron chi connectivity index (χ0n) is 17.2. The van der Waals surface area contributed by atoms with E-state index in [1.54, 1.807) is 26.1 Å². The third-order valence-electron chi connectivity index (χ3n) is 4.96. The van der Waals surface area contributed by atoms with Crippen LogP contribution in [0, 0.1) is 6.92 Å². The Morgan fingerprint density at radius 2 is 1.70 bits per heavy atom. The smallest absolute Gasteiger partial charge is 0.272 e. The van der Waals surface area contributed by atoms with Crippen LogP contribution in [0.3, 0.4) is 0 Å². The number of rotatable bonds is 6. The molecule has 0 radical (unpaired) electrons. The second-order valence-electron chi connectivity index (χ2n) is 7.49. The molecule has 1 aromatic carbocycles. The number of aromatic nitrogens is 1. The van der Waals surface area contributed by atoms with Gasteiger partial charge in [-0.1, -0.05) is 12.5 Å². The van der Waals surface area contributed by atoms with Crippen LogP contribution in [0.4, 0.5) is 11.4 Å². The van der Waals surface area contributed by atoms with E-state index in [4.69, 9.17) is 0 Å². The number of piperidine rings is 1. The van der Waals surface area contributed by atoms with Crippen molar-refractivity contribution in [3.63, 3.8) is 0 Å². The first-order chi connectivity index (χ1) is 14.0. The summed E-state index contributed by atoms with van der Waals surface area (Å²) >= 11 is 0. The van der Waals surface area contributed by atoms with Crippen LogP contribution in [0.1, 0.15) is 35.3 Å². The minimum atomic E-state index is -3.65. The van der Waals surface area contributed by atoms with Crippen molar-refractivity contribution in [2.45, 2.75) is 31.1 Å². The number of amides is 1. The highest BCUT2D eigenvalue weighted by Crippen LogP contribution is 2.24. The van der Waals surface area contributed by atoms with E-state index in [9.17, 15) is 21.6 Å². The Kier molecular flexibility index (Phi) is 6.25. The first kappa shape index (κ1) is 22.3. The molecule has 1 aromatic heterocycles. The van der Waals surface area contributed by atoms with Crippen molar-refractivity contribution < 1.29 is 21.6 Å². The molecule has 9 nitrogen and oxygen atoms in total. The fourth-order valence-corrected chi connectivity index (χ4v) is 5.57. The van der Waals surface area contributed by atoms with Gasteiger partial charge in [0.15, 0.2) is 0 Å². The van der Waals surface area contributed by atoms with Crippen LogP contribution < -0.4 is 10.0 Å². The van der Waals surface area contributed by atoms with Crippen molar-refractivity contribution in [2.75, 3.05) is 29.4 Å². The van der Waals surface area contributed by atoms with Crippen LogP contribution >= 0.6 is 0 Å². The number of hydrogen-bond acceptors (Lipinski definition) is 5. The fourth-order valence-electron chi connectivity index (χ4n) is 3.36. The largest absolute Gasteiger partial charge is 0.345 e. The van der Waals surface area contributed by atoms with Gasteiger partial charge in [-0.05, 0) is 43.5 Å². The van der Waals surface area contributed by atoms with Gasteiger partial charge in [0, 0.05) is 32.0 Å². The Bertz CT molecular complexity index is 1160. The molecule has 1 amide bonds. The maximum absolute atomic E-state index is 12.9. The van der Waals surface area contributed by atoms with Gasteiger partial charge in [-0.15, -0.1) is 0 Å². The van der Waals surface area contributed by atoms with Crippen molar-refractivity contribution in [3.05, 3.63) is 41.7 Å². The SMILES string of the molecule is Cc1ccc(NC(=O)c2cc(S(=O)(=O)N3CCCCC3)cn2C)cc1NS(C)(=O)=O. The molecule has 0 saturated carbocycles. The van der Waals surface area contributed by atoms with Crippen molar-refractivity contribution in [2.24, 2.45) is 7.05 Å². The second kappa shape index (κ2) is 8.40. The zero-order chi connectivity index (χ0) is 22.1. The highest BCUT2D eigenvalue weighted by atomic mass is 32.2. The van der Waals surface area contributed by atoms with Crippen LogP contribution in [0.25, 0.3) is 0 Å². The molecule has 1 aliphatic heterocycles. The molecule has 0 unspecified atom stereocenters. The molecule has 2 aromatic rings. The molecule has 1 fully saturated rings. The molecule has 3 rings (SSSR count). The number of sulfonamides is 2. The lowest BCUT2D eigenvalue weighted by Crippen LogP contribution is -2.35. The maximum atomic E-state index is 12.9. The summed E-state index contributed by atoms with van der Waals surface area (Å²) in [6.45, 7) is 2.71. The number of nitrogens with zero attached hydrogens (tertiary/aromatic N) is 2. The molecule has 1 saturated heterocycles. The van der Waals surface area contributed by atoms with Gasteiger partial charge < -0.3 is 9.88 Å². The molecule has 0 spiro atoms. The van der Waals surface area contributed by atoms with Crippen LogP contribution in [0.5, 0.6) is 0 Å². The normalized spacial score (nSPS) is 15.7. The summed E-state index contributed by atoms with van der Waals surface area (Å²) in [5.41, 5.74) is 1.63. The topological polar surface area (TPSA) is 118 Å². The Balaban J connectivity index is 1.82.